The van der Waals surface area contributed by atoms with Gasteiger partial charge in [0.1, 0.15) is 0 Å². The lowest BCUT2D eigenvalue weighted by atomic mass is 10.4. The van der Waals surface area contributed by atoms with Crippen molar-refractivity contribution in [3.63, 3.8) is 0 Å². The molecule has 94 valence electrons. The highest BCUT2D eigenvalue weighted by atomic mass is 32.2. The first-order valence-electron chi connectivity index (χ1n) is 4.66. The van der Waals surface area contributed by atoms with Crippen molar-refractivity contribution in [1.82, 2.24) is 15.2 Å². The summed E-state index contributed by atoms with van der Waals surface area (Å²) in [5, 5.41) is 14.2. The first kappa shape index (κ1) is 13.3. The minimum Gasteiger partial charge on any atom is -0.480 e. The van der Waals surface area contributed by atoms with Gasteiger partial charge >= 0.3 is 5.97 Å². The molecule has 0 saturated heterocycles. The smallest absolute Gasteiger partial charge is 0.323 e. The van der Waals surface area contributed by atoms with Crippen LogP contribution in [0.25, 0.3) is 0 Å². The highest BCUT2D eigenvalue weighted by Crippen LogP contribution is 2.08. The van der Waals surface area contributed by atoms with Crippen LogP contribution in [0.1, 0.15) is 18.3 Å². The van der Waals surface area contributed by atoms with Crippen LogP contribution in [0.2, 0.25) is 0 Å². The Hall–Kier alpha value is -1.77. The van der Waals surface area contributed by atoms with Crippen LogP contribution in [0.4, 0.5) is 5.95 Å². The number of anilines is 1. The number of carbonyl (C=O) groups is 1. The fourth-order valence-corrected chi connectivity index (χ4v) is 1.63. The van der Waals surface area contributed by atoms with Crippen molar-refractivity contribution in [1.29, 1.82) is 0 Å². The summed E-state index contributed by atoms with van der Waals surface area (Å²) in [7, 11) is -4.06. The number of aromatic nitrogens is 3. The Morgan fingerprint density at radius 1 is 1.29 bits per heavy atom. The van der Waals surface area contributed by atoms with Crippen LogP contribution in [-0.2, 0) is 14.8 Å². The standard InChI is InChI=1S/C8H12N4O4S/c1-4-5(2)10-11-8(9-4)12-17(15,16)6(3)7(13)14/h6H,1-3H3,(H,13,14)(H,9,11,12). The molecular weight excluding hydrogens is 248 g/mol. The minimum absolute atomic E-state index is 0.235. The van der Waals surface area contributed by atoms with Gasteiger partial charge in [0.25, 0.3) is 5.95 Å². The van der Waals surface area contributed by atoms with Crippen molar-refractivity contribution < 1.29 is 18.3 Å². The second-order valence-electron chi connectivity index (χ2n) is 3.43. The number of nitrogens with one attached hydrogen (secondary N) is 1. The first-order chi connectivity index (χ1) is 7.74. The van der Waals surface area contributed by atoms with Crippen molar-refractivity contribution in [2.45, 2.75) is 26.0 Å². The van der Waals surface area contributed by atoms with Crippen molar-refractivity contribution in [2.75, 3.05) is 4.72 Å². The summed E-state index contributed by atoms with van der Waals surface area (Å²) in [6.45, 7) is 4.37. The molecule has 17 heavy (non-hydrogen) atoms. The Labute approximate surface area is 98.1 Å². The molecule has 9 heteroatoms. The van der Waals surface area contributed by atoms with Crippen LogP contribution in [-0.4, -0.2) is 39.9 Å². The molecule has 0 spiro atoms. The second-order valence-corrected chi connectivity index (χ2v) is 5.44. The third-order valence-corrected chi connectivity index (χ3v) is 3.74. The summed E-state index contributed by atoms with van der Waals surface area (Å²) < 4.78 is 25.0. The van der Waals surface area contributed by atoms with Crippen LogP contribution in [0.15, 0.2) is 0 Å². The number of hydrogen-bond acceptors (Lipinski definition) is 6. The molecule has 1 rings (SSSR count). The van der Waals surface area contributed by atoms with Gasteiger partial charge in [0, 0.05) is 0 Å². The third kappa shape index (κ3) is 3.09. The maximum atomic E-state index is 11.5. The highest BCUT2D eigenvalue weighted by Gasteiger charge is 2.28. The number of rotatable bonds is 4. The number of aliphatic carboxylic acids is 1. The van der Waals surface area contributed by atoms with Crippen LogP contribution in [0.5, 0.6) is 0 Å². The minimum atomic E-state index is -4.06. The Kier molecular flexibility index (Phi) is 3.61. The molecule has 0 aliphatic heterocycles. The van der Waals surface area contributed by atoms with Gasteiger partial charge in [0.15, 0.2) is 5.25 Å². The Morgan fingerprint density at radius 2 is 1.88 bits per heavy atom. The number of hydrogen-bond donors (Lipinski definition) is 2. The molecule has 1 atom stereocenters. The molecular formula is C8H12N4O4S. The number of carboxylic acids is 1. The van der Waals surface area contributed by atoms with E-state index in [1.807, 2.05) is 4.72 Å². The SMILES string of the molecule is Cc1nnc(NS(=O)(=O)C(C)C(=O)O)nc1C. The van der Waals surface area contributed by atoms with Gasteiger partial charge in [-0.2, -0.15) is 5.10 Å². The number of sulfonamides is 1. The molecule has 0 aliphatic carbocycles. The maximum absolute atomic E-state index is 11.5. The van der Waals surface area contributed by atoms with Crippen LogP contribution in [0.3, 0.4) is 0 Å². The zero-order valence-electron chi connectivity index (χ0n) is 9.50. The summed E-state index contributed by atoms with van der Waals surface area (Å²) in [4.78, 5) is 14.4. The van der Waals surface area contributed by atoms with E-state index in [-0.39, 0.29) is 5.95 Å². The summed E-state index contributed by atoms with van der Waals surface area (Å²) in [6, 6.07) is 0. The predicted molar refractivity (Wildman–Crippen MR) is 58.9 cm³/mol. The van der Waals surface area contributed by atoms with Gasteiger partial charge in [-0.1, -0.05) is 0 Å². The molecule has 0 bridgehead atoms. The van der Waals surface area contributed by atoms with Gasteiger partial charge in [-0.05, 0) is 20.8 Å². The van der Waals surface area contributed by atoms with Crippen molar-refractivity contribution >= 4 is 21.9 Å². The molecule has 0 saturated carbocycles. The number of aryl methyl sites for hydroxylation is 2. The second kappa shape index (κ2) is 4.62. The molecule has 1 aromatic rings. The van der Waals surface area contributed by atoms with E-state index in [9.17, 15) is 13.2 Å². The van der Waals surface area contributed by atoms with E-state index in [0.29, 0.717) is 11.4 Å². The Bertz CT molecular complexity index is 542. The molecule has 0 fully saturated rings. The fourth-order valence-electron chi connectivity index (χ4n) is 0.848. The number of nitrogens with zero attached hydrogens (tertiary/aromatic N) is 3. The van der Waals surface area contributed by atoms with Crippen molar-refractivity contribution in [2.24, 2.45) is 0 Å². The zero-order valence-corrected chi connectivity index (χ0v) is 10.3. The first-order valence-corrected chi connectivity index (χ1v) is 6.21. The lowest BCUT2D eigenvalue weighted by Crippen LogP contribution is -2.32. The Balaban J connectivity index is 2.98. The molecule has 0 amide bonds. The zero-order chi connectivity index (χ0) is 13.2. The quantitative estimate of drug-likeness (QED) is 0.762. The van der Waals surface area contributed by atoms with Gasteiger partial charge in [-0.15, -0.1) is 5.10 Å². The molecule has 2 N–H and O–H groups in total. The molecule has 1 aromatic heterocycles. The molecule has 1 heterocycles. The van der Waals surface area contributed by atoms with Gasteiger partial charge in [0.05, 0.1) is 11.4 Å². The molecule has 8 nitrogen and oxygen atoms in total. The summed E-state index contributed by atoms with van der Waals surface area (Å²) in [5.41, 5.74) is 1.08. The maximum Gasteiger partial charge on any atom is 0.323 e. The van der Waals surface area contributed by atoms with E-state index in [0.717, 1.165) is 6.92 Å². The van der Waals surface area contributed by atoms with E-state index < -0.39 is 21.2 Å². The van der Waals surface area contributed by atoms with Crippen LogP contribution >= 0.6 is 0 Å². The van der Waals surface area contributed by atoms with Crippen LogP contribution in [0, 0.1) is 13.8 Å². The van der Waals surface area contributed by atoms with Gasteiger partial charge in [-0.3, -0.25) is 4.79 Å². The summed E-state index contributed by atoms with van der Waals surface area (Å²) in [5.74, 6) is -1.68. The lowest BCUT2D eigenvalue weighted by molar-refractivity contribution is -0.136. The molecule has 0 radical (unpaired) electrons. The highest BCUT2D eigenvalue weighted by molar-refractivity contribution is 7.94. The Morgan fingerprint density at radius 3 is 2.35 bits per heavy atom. The molecule has 1 unspecified atom stereocenters. The van der Waals surface area contributed by atoms with E-state index in [1.165, 1.54) is 0 Å². The molecule has 0 aromatic carbocycles. The van der Waals surface area contributed by atoms with Gasteiger partial charge in [-0.25, -0.2) is 18.1 Å². The topological polar surface area (TPSA) is 122 Å². The predicted octanol–water partition coefficient (Wildman–Crippen LogP) is -0.297. The van der Waals surface area contributed by atoms with Gasteiger partial charge < -0.3 is 5.11 Å². The monoisotopic (exact) mass is 260 g/mol. The van der Waals surface area contributed by atoms with Crippen molar-refractivity contribution in [3.05, 3.63) is 11.4 Å². The fraction of sp³-hybridized carbons (Fsp3) is 0.500. The summed E-state index contributed by atoms with van der Waals surface area (Å²) in [6.07, 6.45) is 0. The van der Waals surface area contributed by atoms with E-state index in [1.54, 1.807) is 13.8 Å². The van der Waals surface area contributed by atoms with E-state index in [4.69, 9.17) is 5.11 Å². The van der Waals surface area contributed by atoms with Crippen LogP contribution < -0.4 is 4.72 Å². The van der Waals surface area contributed by atoms with Crippen molar-refractivity contribution in [3.8, 4) is 0 Å². The summed E-state index contributed by atoms with van der Waals surface area (Å²) >= 11 is 0. The van der Waals surface area contributed by atoms with Gasteiger partial charge in [0.2, 0.25) is 10.0 Å². The van der Waals surface area contributed by atoms with E-state index >= 15 is 0 Å². The average molecular weight is 260 g/mol. The molecule has 0 aliphatic rings. The lowest BCUT2D eigenvalue weighted by Gasteiger charge is -2.09. The normalized spacial score (nSPS) is 13.1. The number of carboxylic acid groups (broad SMARTS) is 1. The largest absolute Gasteiger partial charge is 0.480 e. The average Bonchev–Trinajstić information content (AvgIpc) is 2.22. The third-order valence-electron chi connectivity index (χ3n) is 2.14. The van der Waals surface area contributed by atoms with E-state index in [2.05, 4.69) is 15.2 Å².